The first-order chi connectivity index (χ1) is 10.6. The number of rotatable bonds is 4. The SMILES string of the molecule is Cc1ccc(C(C)OC(=O)C2(C)CCC(C(=O)[O-])C2(C)C)cc1. The number of aliphatic carboxylic acids is 1. The number of benzene rings is 1. The topological polar surface area (TPSA) is 66.4 Å². The van der Waals surface area contributed by atoms with E-state index in [4.69, 9.17) is 4.74 Å². The Labute approximate surface area is 137 Å². The van der Waals surface area contributed by atoms with Crippen molar-refractivity contribution >= 4 is 11.9 Å². The molecule has 4 nitrogen and oxygen atoms in total. The van der Waals surface area contributed by atoms with Crippen molar-refractivity contribution in [1.29, 1.82) is 0 Å². The third kappa shape index (κ3) is 2.99. The minimum atomic E-state index is -1.09. The lowest BCUT2D eigenvalue weighted by molar-refractivity contribution is -0.315. The summed E-state index contributed by atoms with van der Waals surface area (Å²) in [4.78, 5) is 24.1. The van der Waals surface area contributed by atoms with Crippen LogP contribution in [0, 0.1) is 23.7 Å². The first kappa shape index (κ1) is 17.5. The van der Waals surface area contributed by atoms with Crippen molar-refractivity contribution in [2.45, 2.75) is 53.6 Å². The minimum absolute atomic E-state index is 0.334. The van der Waals surface area contributed by atoms with Gasteiger partial charge in [-0.05, 0) is 44.6 Å². The monoisotopic (exact) mass is 317 g/mol. The van der Waals surface area contributed by atoms with Crippen molar-refractivity contribution in [2.75, 3.05) is 0 Å². The standard InChI is InChI=1S/C19H26O4/c1-12-6-8-14(9-7-12)13(2)23-17(22)19(5)11-10-15(16(20)21)18(19,3)4/h6-9,13,15H,10-11H2,1-5H3,(H,20,21)/p-1. The fourth-order valence-corrected chi connectivity index (χ4v) is 3.47. The zero-order valence-electron chi connectivity index (χ0n) is 14.5. The quantitative estimate of drug-likeness (QED) is 0.801. The number of ether oxygens (including phenoxy) is 1. The Morgan fingerprint density at radius 2 is 1.78 bits per heavy atom. The second kappa shape index (κ2) is 5.99. The molecule has 0 spiro atoms. The first-order valence-corrected chi connectivity index (χ1v) is 8.08. The maximum atomic E-state index is 12.8. The van der Waals surface area contributed by atoms with Crippen LogP contribution in [0.1, 0.15) is 57.8 Å². The molecule has 1 aromatic carbocycles. The molecule has 23 heavy (non-hydrogen) atoms. The summed E-state index contributed by atoms with van der Waals surface area (Å²) in [6, 6.07) is 7.85. The summed E-state index contributed by atoms with van der Waals surface area (Å²) in [5, 5.41) is 11.3. The summed E-state index contributed by atoms with van der Waals surface area (Å²) in [6.45, 7) is 9.28. The van der Waals surface area contributed by atoms with E-state index >= 15 is 0 Å². The van der Waals surface area contributed by atoms with Crippen LogP contribution >= 0.6 is 0 Å². The molecule has 4 heteroatoms. The van der Waals surface area contributed by atoms with Crippen molar-refractivity contribution in [1.82, 2.24) is 0 Å². The number of aryl methyl sites for hydroxylation is 1. The van der Waals surface area contributed by atoms with E-state index in [1.165, 1.54) is 0 Å². The molecule has 2 rings (SSSR count). The third-order valence-corrected chi connectivity index (χ3v) is 5.79. The van der Waals surface area contributed by atoms with E-state index in [2.05, 4.69) is 0 Å². The average molecular weight is 317 g/mol. The van der Waals surface area contributed by atoms with Crippen LogP contribution in [0.5, 0.6) is 0 Å². The van der Waals surface area contributed by atoms with Crippen LogP contribution < -0.4 is 5.11 Å². The number of carbonyl (C=O) groups is 2. The highest BCUT2D eigenvalue weighted by Gasteiger charge is 2.57. The van der Waals surface area contributed by atoms with Crippen LogP contribution in [0.2, 0.25) is 0 Å². The third-order valence-electron chi connectivity index (χ3n) is 5.79. The number of esters is 1. The molecule has 1 aliphatic carbocycles. The van der Waals surface area contributed by atoms with Gasteiger partial charge in [-0.15, -0.1) is 0 Å². The molecule has 0 radical (unpaired) electrons. The molecule has 0 N–H and O–H groups in total. The molecule has 0 heterocycles. The van der Waals surface area contributed by atoms with Gasteiger partial charge in [-0.1, -0.05) is 43.7 Å². The van der Waals surface area contributed by atoms with Crippen LogP contribution in [0.4, 0.5) is 0 Å². The summed E-state index contributed by atoms with van der Waals surface area (Å²) in [5.74, 6) is -2.05. The fraction of sp³-hybridized carbons (Fsp3) is 0.579. The number of carboxylic acid groups (broad SMARTS) is 1. The normalized spacial score (nSPS) is 27.4. The lowest BCUT2D eigenvalue weighted by atomic mass is 9.65. The Balaban J connectivity index is 2.16. The molecule has 0 aromatic heterocycles. The number of hydrogen-bond acceptors (Lipinski definition) is 4. The van der Waals surface area contributed by atoms with Gasteiger partial charge in [-0.25, -0.2) is 0 Å². The summed E-state index contributed by atoms with van der Waals surface area (Å²) < 4.78 is 5.67. The second-order valence-corrected chi connectivity index (χ2v) is 7.42. The smallest absolute Gasteiger partial charge is 0.312 e. The summed E-state index contributed by atoms with van der Waals surface area (Å²) in [5.41, 5.74) is 0.555. The van der Waals surface area contributed by atoms with Crippen molar-refractivity contribution < 1.29 is 19.4 Å². The van der Waals surface area contributed by atoms with Crippen LogP contribution in [-0.4, -0.2) is 11.9 Å². The molecular formula is C19H25O4-. The van der Waals surface area contributed by atoms with Gasteiger partial charge in [0.1, 0.15) is 6.10 Å². The van der Waals surface area contributed by atoms with Gasteiger partial charge in [0, 0.05) is 11.9 Å². The van der Waals surface area contributed by atoms with E-state index in [0.29, 0.717) is 12.8 Å². The van der Waals surface area contributed by atoms with Gasteiger partial charge in [-0.3, -0.25) is 4.79 Å². The van der Waals surface area contributed by atoms with Crippen molar-refractivity contribution in [3.05, 3.63) is 35.4 Å². The van der Waals surface area contributed by atoms with Gasteiger partial charge in [0.05, 0.1) is 5.41 Å². The van der Waals surface area contributed by atoms with Gasteiger partial charge in [0.15, 0.2) is 0 Å². The van der Waals surface area contributed by atoms with Crippen LogP contribution in [0.3, 0.4) is 0 Å². The predicted molar refractivity (Wildman–Crippen MR) is 85.3 cm³/mol. The van der Waals surface area contributed by atoms with E-state index in [-0.39, 0.29) is 12.1 Å². The zero-order chi connectivity index (χ0) is 17.4. The van der Waals surface area contributed by atoms with Crippen molar-refractivity contribution in [2.24, 2.45) is 16.7 Å². The number of hydrogen-bond donors (Lipinski definition) is 0. The molecule has 0 amide bonds. The summed E-state index contributed by atoms with van der Waals surface area (Å²) in [6.07, 6.45) is 0.579. The van der Waals surface area contributed by atoms with Crippen molar-refractivity contribution in [3.8, 4) is 0 Å². The lowest BCUT2D eigenvalue weighted by Crippen LogP contribution is -2.46. The molecule has 3 unspecified atom stereocenters. The van der Waals surface area contributed by atoms with E-state index in [0.717, 1.165) is 11.1 Å². The molecule has 0 bridgehead atoms. The first-order valence-electron chi connectivity index (χ1n) is 8.08. The largest absolute Gasteiger partial charge is 0.550 e. The molecule has 1 aromatic rings. The Kier molecular flexibility index (Phi) is 4.56. The van der Waals surface area contributed by atoms with E-state index in [9.17, 15) is 14.7 Å². The molecular weight excluding hydrogens is 292 g/mol. The van der Waals surface area contributed by atoms with Gasteiger partial charge in [0.25, 0.3) is 0 Å². The number of carbonyl (C=O) groups excluding carboxylic acids is 2. The van der Waals surface area contributed by atoms with Crippen LogP contribution in [-0.2, 0) is 14.3 Å². The predicted octanol–water partition coefficient (Wildman–Crippen LogP) is 2.79. The van der Waals surface area contributed by atoms with E-state index in [1.807, 2.05) is 52.0 Å². The molecule has 1 fully saturated rings. The molecule has 1 saturated carbocycles. The molecule has 126 valence electrons. The van der Waals surface area contributed by atoms with Gasteiger partial charge in [-0.2, -0.15) is 0 Å². The second-order valence-electron chi connectivity index (χ2n) is 7.42. The van der Waals surface area contributed by atoms with E-state index in [1.54, 1.807) is 6.92 Å². The average Bonchev–Trinajstić information content (AvgIpc) is 2.71. The number of carboxylic acids is 1. The summed E-state index contributed by atoms with van der Waals surface area (Å²) >= 11 is 0. The molecule has 1 aliphatic rings. The Morgan fingerprint density at radius 3 is 2.26 bits per heavy atom. The minimum Gasteiger partial charge on any atom is -0.550 e. The highest BCUT2D eigenvalue weighted by molar-refractivity contribution is 5.81. The Morgan fingerprint density at radius 1 is 1.22 bits per heavy atom. The fourth-order valence-electron chi connectivity index (χ4n) is 3.47. The Bertz CT molecular complexity index is 602. The lowest BCUT2D eigenvalue weighted by Gasteiger charge is -2.40. The van der Waals surface area contributed by atoms with Gasteiger partial charge >= 0.3 is 5.97 Å². The van der Waals surface area contributed by atoms with Crippen molar-refractivity contribution in [3.63, 3.8) is 0 Å². The molecule has 0 aliphatic heterocycles. The maximum absolute atomic E-state index is 12.8. The van der Waals surface area contributed by atoms with Gasteiger partial charge in [0.2, 0.25) is 0 Å². The molecule has 3 atom stereocenters. The summed E-state index contributed by atoms with van der Waals surface area (Å²) in [7, 11) is 0. The molecule has 0 saturated heterocycles. The zero-order valence-corrected chi connectivity index (χ0v) is 14.5. The highest BCUT2D eigenvalue weighted by Crippen LogP contribution is 2.56. The van der Waals surface area contributed by atoms with Crippen LogP contribution in [0.15, 0.2) is 24.3 Å². The van der Waals surface area contributed by atoms with Crippen LogP contribution in [0.25, 0.3) is 0 Å². The highest BCUT2D eigenvalue weighted by atomic mass is 16.5. The maximum Gasteiger partial charge on any atom is 0.312 e. The Hall–Kier alpha value is -1.84. The van der Waals surface area contributed by atoms with E-state index < -0.39 is 22.7 Å². The van der Waals surface area contributed by atoms with Gasteiger partial charge < -0.3 is 14.6 Å².